The van der Waals surface area contributed by atoms with E-state index in [-0.39, 0.29) is 13.0 Å². The minimum Gasteiger partial charge on any atom is -0.481 e. The fraction of sp³-hybridized carbons (Fsp3) is 0.692. The SMILES string of the molecule is CC=CCCC(=O)C(O)(CC(=O)O)C[N+](C)(C)C. The molecule has 1 atom stereocenters. The van der Waals surface area contributed by atoms with Crippen LogP contribution in [-0.2, 0) is 9.59 Å². The third-order valence-corrected chi connectivity index (χ3v) is 2.47. The zero-order chi connectivity index (χ0) is 14.4. The molecule has 0 saturated carbocycles. The van der Waals surface area contributed by atoms with Gasteiger partial charge in [-0.15, -0.1) is 0 Å². The Morgan fingerprint density at radius 3 is 2.22 bits per heavy atom. The van der Waals surface area contributed by atoms with E-state index in [9.17, 15) is 14.7 Å². The number of carbonyl (C=O) groups excluding carboxylic acids is 1. The van der Waals surface area contributed by atoms with Gasteiger partial charge in [0.05, 0.1) is 27.6 Å². The highest BCUT2D eigenvalue weighted by atomic mass is 16.4. The van der Waals surface area contributed by atoms with Crippen LogP contribution in [0.1, 0.15) is 26.2 Å². The first kappa shape index (κ1) is 16.8. The number of quaternary nitrogens is 1. The van der Waals surface area contributed by atoms with Crippen molar-refractivity contribution in [1.29, 1.82) is 0 Å². The smallest absolute Gasteiger partial charge is 0.306 e. The molecule has 5 nitrogen and oxygen atoms in total. The lowest BCUT2D eigenvalue weighted by atomic mass is 9.90. The molecule has 0 saturated heterocycles. The van der Waals surface area contributed by atoms with Crippen molar-refractivity contribution in [2.45, 2.75) is 31.8 Å². The average Bonchev–Trinajstić information content (AvgIpc) is 2.13. The molecule has 5 heteroatoms. The Labute approximate surface area is 108 Å². The van der Waals surface area contributed by atoms with Gasteiger partial charge < -0.3 is 14.7 Å². The fourth-order valence-electron chi connectivity index (χ4n) is 1.89. The number of ketones is 1. The Bertz CT molecular complexity index is 330. The number of carbonyl (C=O) groups is 2. The Hall–Kier alpha value is -1.20. The molecule has 18 heavy (non-hydrogen) atoms. The van der Waals surface area contributed by atoms with E-state index in [1.807, 2.05) is 40.2 Å². The molecule has 0 aliphatic heterocycles. The molecule has 104 valence electrons. The quantitative estimate of drug-likeness (QED) is 0.499. The molecule has 1 unspecified atom stereocenters. The molecule has 2 N–H and O–H groups in total. The highest BCUT2D eigenvalue weighted by Gasteiger charge is 2.42. The molecule has 0 fully saturated rings. The van der Waals surface area contributed by atoms with Gasteiger partial charge in [-0.2, -0.15) is 0 Å². The van der Waals surface area contributed by atoms with Crippen LogP contribution in [0.5, 0.6) is 0 Å². The maximum Gasteiger partial charge on any atom is 0.306 e. The van der Waals surface area contributed by atoms with E-state index in [1.165, 1.54) is 0 Å². The Morgan fingerprint density at radius 2 is 1.83 bits per heavy atom. The second-order valence-electron chi connectivity index (χ2n) is 5.58. The third-order valence-electron chi connectivity index (χ3n) is 2.47. The Balaban J connectivity index is 4.84. The molecule has 0 aromatic rings. The number of nitrogens with zero attached hydrogens (tertiary/aromatic N) is 1. The van der Waals surface area contributed by atoms with E-state index in [0.29, 0.717) is 10.9 Å². The summed E-state index contributed by atoms with van der Waals surface area (Å²) in [5.74, 6) is -1.57. The summed E-state index contributed by atoms with van der Waals surface area (Å²) in [5.41, 5.74) is -1.79. The number of aliphatic hydroxyl groups is 1. The summed E-state index contributed by atoms with van der Waals surface area (Å²) in [6.07, 6.45) is 3.79. The van der Waals surface area contributed by atoms with E-state index >= 15 is 0 Å². The van der Waals surface area contributed by atoms with Gasteiger partial charge in [0.25, 0.3) is 0 Å². The molecular weight excluding hydrogens is 234 g/mol. The zero-order valence-electron chi connectivity index (χ0n) is 11.6. The van der Waals surface area contributed by atoms with Crippen molar-refractivity contribution >= 4 is 11.8 Å². The summed E-state index contributed by atoms with van der Waals surface area (Å²) in [6, 6.07) is 0. The van der Waals surface area contributed by atoms with Crippen LogP contribution in [0, 0.1) is 0 Å². The summed E-state index contributed by atoms with van der Waals surface area (Å²) in [7, 11) is 5.43. The van der Waals surface area contributed by atoms with Gasteiger partial charge >= 0.3 is 5.97 Å². The molecule has 0 bridgehead atoms. The summed E-state index contributed by atoms with van der Waals surface area (Å²) >= 11 is 0. The van der Waals surface area contributed by atoms with E-state index in [2.05, 4.69) is 0 Å². The van der Waals surface area contributed by atoms with Crippen LogP contribution in [0.25, 0.3) is 0 Å². The largest absolute Gasteiger partial charge is 0.481 e. The van der Waals surface area contributed by atoms with Gasteiger partial charge in [0, 0.05) is 6.42 Å². The van der Waals surface area contributed by atoms with E-state index in [0.717, 1.165) is 0 Å². The lowest BCUT2D eigenvalue weighted by Crippen LogP contribution is -2.54. The standard InChI is InChI=1S/C13H23NO4/c1-5-6-7-8-11(15)13(18,9-12(16)17)10-14(2,3)4/h5-6,18H,7-10H2,1-4H3/p+1. The molecule has 0 amide bonds. The van der Waals surface area contributed by atoms with E-state index in [4.69, 9.17) is 5.11 Å². The first-order valence-electron chi connectivity index (χ1n) is 6.00. The molecule has 0 aliphatic carbocycles. The number of likely N-dealkylation sites (N-methyl/N-ethyl adjacent to an activating group) is 1. The van der Waals surface area contributed by atoms with E-state index in [1.54, 1.807) is 0 Å². The molecule has 0 aliphatic rings. The molecule has 0 heterocycles. The van der Waals surface area contributed by atoms with Crippen molar-refractivity contribution in [2.24, 2.45) is 0 Å². The first-order valence-corrected chi connectivity index (χ1v) is 6.00. The molecule has 0 rings (SSSR count). The number of carboxylic acid groups (broad SMARTS) is 1. The summed E-state index contributed by atoms with van der Waals surface area (Å²) in [6.45, 7) is 1.94. The minimum atomic E-state index is -1.79. The topological polar surface area (TPSA) is 74.6 Å². The summed E-state index contributed by atoms with van der Waals surface area (Å²) < 4.78 is 0.332. The lowest BCUT2D eigenvalue weighted by Gasteiger charge is -2.33. The van der Waals surface area contributed by atoms with Gasteiger partial charge in [0.15, 0.2) is 11.4 Å². The van der Waals surface area contributed by atoms with Crippen LogP contribution in [0.15, 0.2) is 12.2 Å². The number of rotatable bonds is 8. The highest BCUT2D eigenvalue weighted by molar-refractivity contribution is 5.91. The summed E-state index contributed by atoms with van der Waals surface area (Å²) in [4.78, 5) is 22.8. The van der Waals surface area contributed by atoms with Gasteiger partial charge in [0.1, 0.15) is 6.54 Å². The number of Topliss-reactive ketones (excluding diaryl/α,β-unsaturated/α-hetero) is 1. The minimum absolute atomic E-state index is 0.0912. The Morgan fingerprint density at radius 1 is 1.28 bits per heavy atom. The van der Waals surface area contributed by atoms with Crippen LogP contribution < -0.4 is 0 Å². The van der Waals surface area contributed by atoms with Gasteiger partial charge in [-0.05, 0) is 13.3 Å². The van der Waals surface area contributed by atoms with Crippen molar-refractivity contribution in [3.63, 3.8) is 0 Å². The number of hydrogen-bond acceptors (Lipinski definition) is 3. The van der Waals surface area contributed by atoms with Gasteiger partial charge in [0.2, 0.25) is 0 Å². The average molecular weight is 258 g/mol. The predicted molar refractivity (Wildman–Crippen MR) is 69.2 cm³/mol. The maximum atomic E-state index is 12.0. The highest BCUT2D eigenvalue weighted by Crippen LogP contribution is 2.18. The van der Waals surface area contributed by atoms with Crippen molar-refractivity contribution in [3.05, 3.63) is 12.2 Å². The van der Waals surface area contributed by atoms with Crippen LogP contribution in [0.4, 0.5) is 0 Å². The normalized spacial score (nSPS) is 15.6. The van der Waals surface area contributed by atoms with Crippen LogP contribution in [0.2, 0.25) is 0 Å². The first-order chi connectivity index (χ1) is 8.10. The lowest BCUT2D eigenvalue weighted by molar-refractivity contribution is -0.875. The molecule has 0 radical (unpaired) electrons. The van der Waals surface area contributed by atoms with Crippen molar-refractivity contribution in [2.75, 3.05) is 27.7 Å². The van der Waals surface area contributed by atoms with Crippen molar-refractivity contribution in [3.8, 4) is 0 Å². The number of aliphatic carboxylic acids is 1. The molecule has 0 spiro atoms. The number of carboxylic acids is 1. The second-order valence-corrected chi connectivity index (χ2v) is 5.58. The fourth-order valence-corrected chi connectivity index (χ4v) is 1.89. The van der Waals surface area contributed by atoms with Gasteiger partial charge in [-0.1, -0.05) is 12.2 Å². The van der Waals surface area contributed by atoms with Gasteiger partial charge in [-0.3, -0.25) is 9.59 Å². The second kappa shape index (κ2) is 6.66. The predicted octanol–water partition coefficient (Wildman–Crippen LogP) is 0.824. The number of allylic oxidation sites excluding steroid dienone is 2. The van der Waals surface area contributed by atoms with Crippen LogP contribution >= 0.6 is 0 Å². The van der Waals surface area contributed by atoms with Gasteiger partial charge in [-0.25, -0.2) is 0 Å². The molecular formula is C13H24NO4+. The molecule has 0 aromatic carbocycles. The zero-order valence-corrected chi connectivity index (χ0v) is 11.6. The maximum absolute atomic E-state index is 12.0. The Kier molecular flexibility index (Phi) is 6.21. The van der Waals surface area contributed by atoms with Crippen LogP contribution in [0.3, 0.4) is 0 Å². The van der Waals surface area contributed by atoms with E-state index < -0.39 is 23.8 Å². The van der Waals surface area contributed by atoms with Crippen LogP contribution in [-0.4, -0.2) is 59.7 Å². The summed E-state index contributed by atoms with van der Waals surface area (Å²) in [5, 5.41) is 19.1. The number of hydrogen-bond donors (Lipinski definition) is 2. The third kappa shape index (κ3) is 6.51. The van der Waals surface area contributed by atoms with Crippen molar-refractivity contribution in [1.82, 2.24) is 0 Å². The monoisotopic (exact) mass is 258 g/mol. The molecule has 0 aromatic heterocycles. The van der Waals surface area contributed by atoms with Crippen molar-refractivity contribution < 1.29 is 24.3 Å².